The first-order chi connectivity index (χ1) is 11.0. The smallest absolute Gasteiger partial charge is 0.237 e. The standard InChI is InChI=1S/C19H30N2O2/c1-14(2)13-20-19(23)15(3)21-11-9-17(10-12-21)18(22)16-7-5-4-6-8-16/h4-8,14-15,17-18,22H,9-13H2,1-3H3,(H,20,23). The van der Waals surface area contributed by atoms with Gasteiger partial charge in [-0.15, -0.1) is 0 Å². The van der Waals surface area contributed by atoms with Crippen molar-refractivity contribution in [1.29, 1.82) is 0 Å². The zero-order valence-electron chi connectivity index (χ0n) is 14.5. The SMILES string of the molecule is CC(C)CNC(=O)C(C)N1CCC(C(O)c2ccccc2)CC1. The summed E-state index contributed by atoms with van der Waals surface area (Å²) in [6, 6.07) is 9.78. The molecule has 0 saturated carbocycles. The molecule has 2 atom stereocenters. The number of hydrogen-bond donors (Lipinski definition) is 2. The molecule has 2 unspecified atom stereocenters. The molecule has 1 aliphatic heterocycles. The van der Waals surface area contributed by atoms with Gasteiger partial charge in [0, 0.05) is 6.54 Å². The number of hydrogen-bond acceptors (Lipinski definition) is 3. The van der Waals surface area contributed by atoms with Gasteiger partial charge in [0.15, 0.2) is 0 Å². The highest BCUT2D eigenvalue weighted by atomic mass is 16.3. The number of benzene rings is 1. The normalized spacial score (nSPS) is 19.5. The Morgan fingerprint density at radius 3 is 2.39 bits per heavy atom. The summed E-state index contributed by atoms with van der Waals surface area (Å²) in [4.78, 5) is 14.4. The fourth-order valence-electron chi connectivity index (χ4n) is 3.16. The summed E-state index contributed by atoms with van der Waals surface area (Å²) in [5.41, 5.74) is 0.994. The van der Waals surface area contributed by atoms with E-state index in [0.717, 1.165) is 38.0 Å². The van der Waals surface area contributed by atoms with E-state index in [0.29, 0.717) is 5.92 Å². The molecule has 23 heavy (non-hydrogen) atoms. The molecule has 1 amide bonds. The molecule has 1 saturated heterocycles. The number of rotatable bonds is 6. The molecule has 4 nitrogen and oxygen atoms in total. The van der Waals surface area contributed by atoms with Crippen molar-refractivity contribution >= 4 is 5.91 Å². The second-order valence-electron chi connectivity index (χ2n) is 7.04. The Morgan fingerprint density at radius 1 is 1.22 bits per heavy atom. The summed E-state index contributed by atoms with van der Waals surface area (Å²) >= 11 is 0. The number of likely N-dealkylation sites (tertiary alicyclic amines) is 1. The zero-order chi connectivity index (χ0) is 16.8. The third kappa shape index (κ3) is 5.05. The van der Waals surface area contributed by atoms with E-state index in [1.54, 1.807) is 0 Å². The minimum atomic E-state index is -0.400. The van der Waals surface area contributed by atoms with Crippen LogP contribution in [-0.4, -0.2) is 41.6 Å². The number of piperidine rings is 1. The van der Waals surface area contributed by atoms with Crippen LogP contribution in [0.15, 0.2) is 30.3 Å². The molecule has 2 rings (SSSR count). The van der Waals surface area contributed by atoms with Crippen LogP contribution in [0.3, 0.4) is 0 Å². The largest absolute Gasteiger partial charge is 0.388 e. The van der Waals surface area contributed by atoms with E-state index < -0.39 is 6.10 Å². The molecular weight excluding hydrogens is 288 g/mol. The van der Waals surface area contributed by atoms with Gasteiger partial charge < -0.3 is 10.4 Å². The maximum atomic E-state index is 12.2. The molecular formula is C19H30N2O2. The molecule has 0 aromatic heterocycles. The van der Waals surface area contributed by atoms with Gasteiger partial charge in [0.05, 0.1) is 12.1 Å². The van der Waals surface area contributed by atoms with Crippen molar-refractivity contribution < 1.29 is 9.90 Å². The Labute approximate surface area is 139 Å². The highest BCUT2D eigenvalue weighted by Crippen LogP contribution is 2.31. The third-order valence-electron chi connectivity index (χ3n) is 4.77. The fourth-order valence-corrected chi connectivity index (χ4v) is 3.16. The quantitative estimate of drug-likeness (QED) is 0.848. The second-order valence-corrected chi connectivity index (χ2v) is 7.04. The molecule has 2 N–H and O–H groups in total. The molecule has 1 heterocycles. The average molecular weight is 318 g/mol. The molecule has 128 valence electrons. The predicted molar refractivity (Wildman–Crippen MR) is 93.0 cm³/mol. The van der Waals surface area contributed by atoms with Crippen LogP contribution in [-0.2, 0) is 4.79 Å². The maximum absolute atomic E-state index is 12.2. The molecule has 0 radical (unpaired) electrons. The van der Waals surface area contributed by atoms with Crippen molar-refractivity contribution in [2.75, 3.05) is 19.6 Å². The lowest BCUT2D eigenvalue weighted by atomic mass is 9.87. The molecule has 1 fully saturated rings. The van der Waals surface area contributed by atoms with E-state index in [2.05, 4.69) is 24.1 Å². The number of aliphatic hydroxyl groups is 1. The van der Waals surface area contributed by atoms with Crippen molar-refractivity contribution in [2.45, 2.75) is 45.8 Å². The molecule has 4 heteroatoms. The highest BCUT2D eigenvalue weighted by molar-refractivity contribution is 5.81. The van der Waals surface area contributed by atoms with E-state index in [1.807, 2.05) is 37.3 Å². The number of aliphatic hydroxyl groups excluding tert-OH is 1. The van der Waals surface area contributed by atoms with Crippen LogP contribution >= 0.6 is 0 Å². The van der Waals surface area contributed by atoms with Gasteiger partial charge in [0.25, 0.3) is 0 Å². The topological polar surface area (TPSA) is 52.6 Å². The maximum Gasteiger partial charge on any atom is 0.237 e. The molecule has 0 aliphatic carbocycles. The van der Waals surface area contributed by atoms with Crippen LogP contribution in [0.25, 0.3) is 0 Å². The van der Waals surface area contributed by atoms with E-state index in [-0.39, 0.29) is 17.9 Å². The lowest BCUT2D eigenvalue weighted by Crippen LogP contribution is -2.49. The van der Waals surface area contributed by atoms with Crippen LogP contribution < -0.4 is 5.32 Å². The minimum Gasteiger partial charge on any atom is -0.388 e. The summed E-state index contributed by atoms with van der Waals surface area (Å²) < 4.78 is 0. The average Bonchev–Trinajstić information content (AvgIpc) is 2.59. The van der Waals surface area contributed by atoms with Crippen molar-refractivity contribution in [3.8, 4) is 0 Å². The van der Waals surface area contributed by atoms with Crippen LogP contribution in [0.5, 0.6) is 0 Å². The summed E-state index contributed by atoms with van der Waals surface area (Å²) in [5, 5.41) is 13.5. The summed E-state index contributed by atoms with van der Waals surface area (Å²) in [5.74, 6) is 0.859. The van der Waals surface area contributed by atoms with Crippen LogP contribution in [0.2, 0.25) is 0 Å². The van der Waals surface area contributed by atoms with Gasteiger partial charge in [-0.3, -0.25) is 9.69 Å². The highest BCUT2D eigenvalue weighted by Gasteiger charge is 2.30. The Morgan fingerprint density at radius 2 is 1.83 bits per heavy atom. The predicted octanol–water partition coefficient (Wildman–Crippen LogP) is 2.59. The molecule has 0 spiro atoms. The van der Waals surface area contributed by atoms with E-state index in [1.165, 1.54) is 0 Å². The number of amides is 1. The number of nitrogens with zero attached hydrogens (tertiary/aromatic N) is 1. The monoisotopic (exact) mass is 318 g/mol. The Bertz CT molecular complexity index is 481. The van der Waals surface area contributed by atoms with Crippen molar-refractivity contribution in [3.63, 3.8) is 0 Å². The lowest BCUT2D eigenvalue weighted by Gasteiger charge is -2.37. The van der Waals surface area contributed by atoms with Crippen LogP contribution in [0.4, 0.5) is 0 Å². The van der Waals surface area contributed by atoms with Gasteiger partial charge in [-0.1, -0.05) is 44.2 Å². The Kier molecular flexibility index (Phi) is 6.60. The summed E-state index contributed by atoms with van der Waals surface area (Å²) in [7, 11) is 0. The van der Waals surface area contributed by atoms with Gasteiger partial charge in [0.2, 0.25) is 5.91 Å². The van der Waals surface area contributed by atoms with Crippen molar-refractivity contribution in [3.05, 3.63) is 35.9 Å². The van der Waals surface area contributed by atoms with Gasteiger partial charge in [-0.2, -0.15) is 0 Å². The van der Waals surface area contributed by atoms with E-state index >= 15 is 0 Å². The van der Waals surface area contributed by atoms with E-state index in [9.17, 15) is 9.90 Å². The Balaban J connectivity index is 1.82. The third-order valence-corrected chi connectivity index (χ3v) is 4.77. The molecule has 1 aliphatic rings. The molecule has 1 aromatic rings. The summed E-state index contributed by atoms with van der Waals surface area (Å²) in [6.45, 7) is 8.63. The number of carbonyl (C=O) groups is 1. The minimum absolute atomic E-state index is 0.0939. The second kappa shape index (κ2) is 8.46. The first-order valence-corrected chi connectivity index (χ1v) is 8.73. The fraction of sp³-hybridized carbons (Fsp3) is 0.632. The first kappa shape index (κ1) is 18.0. The Hall–Kier alpha value is -1.39. The van der Waals surface area contributed by atoms with Crippen LogP contribution in [0, 0.1) is 11.8 Å². The van der Waals surface area contributed by atoms with Gasteiger partial charge in [-0.05, 0) is 50.3 Å². The van der Waals surface area contributed by atoms with Crippen molar-refractivity contribution in [1.82, 2.24) is 10.2 Å². The van der Waals surface area contributed by atoms with Gasteiger partial charge in [0.1, 0.15) is 0 Å². The van der Waals surface area contributed by atoms with E-state index in [4.69, 9.17) is 0 Å². The molecule has 0 bridgehead atoms. The van der Waals surface area contributed by atoms with Gasteiger partial charge >= 0.3 is 0 Å². The van der Waals surface area contributed by atoms with Crippen LogP contribution in [0.1, 0.15) is 45.3 Å². The number of nitrogens with one attached hydrogen (secondary N) is 1. The zero-order valence-corrected chi connectivity index (χ0v) is 14.5. The van der Waals surface area contributed by atoms with Gasteiger partial charge in [-0.25, -0.2) is 0 Å². The number of carbonyl (C=O) groups excluding carboxylic acids is 1. The van der Waals surface area contributed by atoms with Crippen molar-refractivity contribution in [2.24, 2.45) is 11.8 Å². The lowest BCUT2D eigenvalue weighted by molar-refractivity contribution is -0.126. The first-order valence-electron chi connectivity index (χ1n) is 8.73. The molecule has 1 aromatic carbocycles. The summed E-state index contributed by atoms with van der Waals surface area (Å²) in [6.07, 6.45) is 1.46.